The largest absolute Gasteiger partial charge is 0.467 e. The molecule has 0 aliphatic carbocycles. The zero-order chi connectivity index (χ0) is 26.8. The second-order valence-corrected chi connectivity index (χ2v) is 9.85. The number of hydrogen-bond donors (Lipinski definition) is 3. The number of carbonyl (C=O) groups is 4. The van der Waals surface area contributed by atoms with E-state index in [4.69, 9.17) is 4.74 Å². The molecule has 37 heavy (non-hydrogen) atoms. The van der Waals surface area contributed by atoms with E-state index in [1.54, 1.807) is 13.0 Å². The summed E-state index contributed by atoms with van der Waals surface area (Å²) in [6.07, 6.45) is 3.75. The van der Waals surface area contributed by atoms with Gasteiger partial charge in [0.15, 0.2) is 4.87 Å². The molecule has 1 saturated heterocycles. The minimum absolute atomic E-state index is 0.0371. The van der Waals surface area contributed by atoms with Gasteiger partial charge in [-0.3, -0.25) is 19.4 Å². The van der Waals surface area contributed by atoms with E-state index < -0.39 is 40.8 Å². The summed E-state index contributed by atoms with van der Waals surface area (Å²) < 4.78 is 4.83. The highest BCUT2D eigenvalue weighted by Crippen LogP contribution is 2.41. The van der Waals surface area contributed by atoms with Crippen LogP contribution in [0.3, 0.4) is 0 Å². The Morgan fingerprint density at radius 2 is 1.92 bits per heavy atom. The number of hydrogen-bond acceptors (Lipinski definition) is 7. The van der Waals surface area contributed by atoms with Crippen LogP contribution in [0.1, 0.15) is 37.9 Å². The van der Waals surface area contributed by atoms with E-state index in [-0.39, 0.29) is 13.0 Å². The van der Waals surface area contributed by atoms with Crippen molar-refractivity contribution in [1.29, 1.82) is 0 Å². The second-order valence-electron chi connectivity index (χ2n) is 9.09. The number of fused-ring (bicyclic) bond motifs is 1. The number of amides is 4. The fourth-order valence-corrected chi connectivity index (χ4v) is 5.22. The Hall–Kier alpha value is -3.86. The lowest BCUT2D eigenvalue weighted by Crippen LogP contribution is -2.55. The van der Waals surface area contributed by atoms with Crippen LogP contribution < -0.4 is 5.32 Å². The molecular weight excluding hydrogens is 494 g/mol. The molecular formula is C26H29N5O5S. The molecule has 1 fully saturated rings. The van der Waals surface area contributed by atoms with E-state index in [1.165, 1.54) is 24.5 Å². The number of H-pyrrole nitrogens is 1. The normalized spacial score (nSPS) is 19.2. The van der Waals surface area contributed by atoms with Crippen LogP contribution in [0, 0.1) is 0 Å². The molecule has 11 heteroatoms. The standard InChI is InChI=1S/C26H29N5O5S/c1-4-12-26(37,23(34)36-3)29-21(32)15-31-24(35)30(14-18-13-27-16-28-18)22(33)25(31,2)20-11-7-9-17-8-5-6-10-19(17)20/h5-11,13,16,37H,4,12,14-15H2,1-3H3,(H,27,28)(H,29,32). The van der Waals surface area contributed by atoms with E-state index in [0.29, 0.717) is 17.7 Å². The van der Waals surface area contributed by atoms with Crippen molar-refractivity contribution in [1.82, 2.24) is 25.1 Å². The van der Waals surface area contributed by atoms with E-state index in [2.05, 4.69) is 27.9 Å². The third-order valence-electron chi connectivity index (χ3n) is 6.64. The van der Waals surface area contributed by atoms with Crippen molar-refractivity contribution in [3.8, 4) is 0 Å². The van der Waals surface area contributed by atoms with Gasteiger partial charge in [-0.1, -0.05) is 55.8 Å². The first-order chi connectivity index (χ1) is 17.7. The number of urea groups is 1. The summed E-state index contributed by atoms with van der Waals surface area (Å²) in [7, 11) is 1.21. The van der Waals surface area contributed by atoms with Gasteiger partial charge in [0.25, 0.3) is 5.91 Å². The first-order valence-electron chi connectivity index (χ1n) is 11.9. The zero-order valence-electron chi connectivity index (χ0n) is 20.9. The van der Waals surface area contributed by atoms with Crippen LogP contribution in [0.15, 0.2) is 55.0 Å². The zero-order valence-corrected chi connectivity index (χ0v) is 21.7. The number of rotatable bonds is 9. The molecule has 2 N–H and O–H groups in total. The Morgan fingerprint density at radius 3 is 2.59 bits per heavy atom. The van der Waals surface area contributed by atoms with Crippen LogP contribution in [0.2, 0.25) is 0 Å². The van der Waals surface area contributed by atoms with Crippen molar-refractivity contribution < 1.29 is 23.9 Å². The Balaban J connectivity index is 1.75. The number of nitrogens with zero attached hydrogens (tertiary/aromatic N) is 3. The van der Waals surface area contributed by atoms with Crippen molar-refractivity contribution in [3.05, 3.63) is 66.2 Å². The quantitative estimate of drug-likeness (QED) is 0.171. The minimum Gasteiger partial charge on any atom is -0.467 e. The smallest absolute Gasteiger partial charge is 0.341 e. The lowest BCUT2D eigenvalue weighted by atomic mass is 9.86. The fraction of sp³-hybridized carbons (Fsp3) is 0.346. The summed E-state index contributed by atoms with van der Waals surface area (Å²) in [4.78, 5) is 60.9. The summed E-state index contributed by atoms with van der Waals surface area (Å²) in [5.41, 5.74) is -0.344. The topological polar surface area (TPSA) is 125 Å². The number of aromatic amines is 1. The van der Waals surface area contributed by atoms with Crippen LogP contribution in [0.4, 0.5) is 4.79 Å². The molecule has 2 unspecified atom stereocenters. The predicted octanol–water partition coefficient (Wildman–Crippen LogP) is 2.96. The van der Waals surface area contributed by atoms with Crippen LogP contribution in [-0.4, -0.2) is 62.1 Å². The molecule has 2 atom stereocenters. The van der Waals surface area contributed by atoms with Crippen molar-refractivity contribution in [2.75, 3.05) is 13.7 Å². The van der Waals surface area contributed by atoms with E-state index in [1.807, 2.05) is 43.3 Å². The number of aromatic nitrogens is 2. The monoisotopic (exact) mass is 523 g/mol. The maximum atomic E-state index is 14.0. The molecule has 0 saturated carbocycles. The van der Waals surface area contributed by atoms with Gasteiger partial charge in [0.05, 0.1) is 25.7 Å². The number of esters is 1. The van der Waals surface area contributed by atoms with E-state index in [9.17, 15) is 19.2 Å². The predicted molar refractivity (Wildman–Crippen MR) is 139 cm³/mol. The highest BCUT2D eigenvalue weighted by atomic mass is 32.1. The number of nitrogens with one attached hydrogen (secondary N) is 2. The minimum atomic E-state index is -1.57. The molecule has 3 aromatic rings. The number of benzene rings is 2. The van der Waals surface area contributed by atoms with E-state index in [0.717, 1.165) is 15.7 Å². The van der Waals surface area contributed by atoms with Crippen molar-refractivity contribution in [2.24, 2.45) is 0 Å². The molecule has 4 rings (SSSR count). The lowest BCUT2D eigenvalue weighted by molar-refractivity contribution is -0.147. The van der Waals surface area contributed by atoms with Crippen molar-refractivity contribution in [2.45, 2.75) is 43.6 Å². The molecule has 2 aromatic carbocycles. The molecule has 1 aliphatic heterocycles. The van der Waals surface area contributed by atoms with Crippen LogP contribution in [-0.2, 0) is 31.2 Å². The maximum absolute atomic E-state index is 14.0. The highest BCUT2D eigenvalue weighted by molar-refractivity contribution is 7.82. The molecule has 2 heterocycles. The van der Waals surface area contributed by atoms with Gasteiger partial charge in [-0.15, -0.1) is 12.6 Å². The average Bonchev–Trinajstić information content (AvgIpc) is 3.46. The fourth-order valence-electron chi connectivity index (χ4n) is 4.78. The van der Waals surface area contributed by atoms with Gasteiger partial charge in [-0.05, 0) is 29.7 Å². The van der Waals surface area contributed by atoms with Gasteiger partial charge in [-0.25, -0.2) is 14.6 Å². The summed E-state index contributed by atoms with van der Waals surface area (Å²) in [5, 5.41) is 4.28. The number of thiol groups is 1. The average molecular weight is 524 g/mol. The van der Waals surface area contributed by atoms with Gasteiger partial charge in [0, 0.05) is 6.20 Å². The van der Waals surface area contributed by atoms with Gasteiger partial charge in [0.2, 0.25) is 5.91 Å². The molecule has 0 spiro atoms. The first-order valence-corrected chi connectivity index (χ1v) is 12.3. The number of carbonyl (C=O) groups excluding carboxylic acids is 4. The first kappa shape index (κ1) is 26.2. The Kier molecular flexibility index (Phi) is 7.26. The van der Waals surface area contributed by atoms with Crippen molar-refractivity contribution in [3.63, 3.8) is 0 Å². The van der Waals surface area contributed by atoms with Gasteiger partial charge >= 0.3 is 12.0 Å². The number of imidazole rings is 1. The summed E-state index contributed by atoms with van der Waals surface area (Å²) in [6.45, 7) is 2.96. The van der Waals surface area contributed by atoms with E-state index >= 15 is 0 Å². The highest BCUT2D eigenvalue weighted by Gasteiger charge is 2.56. The molecule has 4 amide bonds. The van der Waals surface area contributed by atoms with Gasteiger partial charge < -0.3 is 15.0 Å². The third-order valence-corrected chi connectivity index (χ3v) is 7.16. The van der Waals surface area contributed by atoms with Gasteiger partial charge in [-0.2, -0.15) is 0 Å². The van der Waals surface area contributed by atoms with Crippen LogP contribution in [0.25, 0.3) is 10.8 Å². The molecule has 1 aliphatic rings. The third kappa shape index (κ3) is 4.66. The number of ether oxygens (including phenoxy) is 1. The number of methoxy groups -OCH3 is 1. The molecule has 194 valence electrons. The van der Waals surface area contributed by atoms with Crippen LogP contribution >= 0.6 is 12.6 Å². The SMILES string of the molecule is CCCC(S)(NC(=O)CN1C(=O)N(Cc2cnc[nH]2)C(=O)C1(C)c1cccc2ccccc12)C(=O)OC. The Labute approximate surface area is 219 Å². The van der Waals surface area contributed by atoms with Crippen molar-refractivity contribution >= 4 is 47.2 Å². The second kappa shape index (κ2) is 10.3. The molecule has 0 radical (unpaired) electrons. The lowest BCUT2D eigenvalue weighted by Gasteiger charge is -2.34. The number of imide groups is 1. The van der Waals surface area contributed by atoms with Crippen LogP contribution in [0.5, 0.6) is 0 Å². The summed E-state index contributed by atoms with van der Waals surface area (Å²) in [5.74, 6) is -1.84. The Morgan fingerprint density at radius 1 is 1.19 bits per heavy atom. The Bertz CT molecular complexity index is 1340. The summed E-state index contributed by atoms with van der Waals surface area (Å²) in [6, 6.07) is 12.4. The molecule has 0 bridgehead atoms. The maximum Gasteiger partial charge on any atom is 0.341 e. The summed E-state index contributed by atoms with van der Waals surface area (Å²) >= 11 is 4.39. The van der Waals surface area contributed by atoms with Gasteiger partial charge in [0.1, 0.15) is 12.1 Å². The molecule has 1 aromatic heterocycles. The molecule has 10 nitrogen and oxygen atoms in total.